The smallest absolute Gasteiger partial charge is 0.231 e. The molecule has 5 heteroatoms. The van der Waals surface area contributed by atoms with Crippen LogP contribution in [-0.2, 0) is 16.8 Å². The summed E-state index contributed by atoms with van der Waals surface area (Å²) in [5.41, 5.74) is 0.112. The molecule has 2 aliphatic carbocycles. The average molecular weight is 359 g/mol. The number of aryl methyl sites for hydroxylation is 1. The van der Waals surface area contributed by atoms with E-state index in [0.717, 1.165) is 37.5 Å². The van der Waals surface area contributed by atoms with Crippen LogP contribution in [0.25, 0.3) is 0 Å². The first-order valence-electron chi connectivity index (χ1n) is 11.0. The van der Waals surface area contributed by atoms with Gasteiger partial charge in [-0.2, -0.15) is 10.1 Å². The molecular formula is C21H34N4O. The Kier molecular flexibility index (Phi) is 5.07. The number of hydrogen-bond donors (Lipinski definition) is 0. The fraction of sp³-hybridized carbons (Fsp3) is 0.857. The van der Waals surface area contributed by atoms with Gasteiger partial charge in [0.1, 0.15) is 0 Å². The van der Waals surface area contributed by atoms with Crippen molar-refractivity contribution in [2.45, 2.75) is 109 Å². The van der Waals surface area contributed by atoms with Gasteiger partial charge >= 0.3 is 0 Å². The molecular weight excluding hydrogens is 324 g/mol. The Bertz CT molecular complexity index is 646. The first kappa shape index (κ1) is 18.0. The minimum atomic E-state index is 0.112. The van der Waals surface area contributed by atoms with Crippen molar-refractivity contribution < 1.29 is 4.79 Å². The topological polar surface area (TPSA) is 51.0 Å². The second-order valence-electron chi connectivity index (χ2n) is 8.63. The van der Waals surface area contributed by atoms with Crippen molar-refractivity contribution in [3.63, 3.8) is 0 Å². The normalized spacial score (nSPS) is 27.2. The van der Waals surface area contributed by atoms with E-state index in [9.17, 15) is 4.79 Å². The quantitative estimate of drug-likeness (QED) is 0.790. The molecule has 1 amide bonds. The summed E-state index contributed by atoms with van der Waals surface area (Å²) in [6.45, 7) is 4.27. The number of aromatic nitrogens is 3. The van der Waals surface area contributed by atoms with Gasteiger partial charge in [0.05, 0.1) is 5.54 Å². The van der Waals surface area contributed by atoms with E-state index in [1.807, 2.05) is 0 Å². The van der Waals surface area contributed by atoms with Crippen molar-refractivity contribution in [3.05, 3.63) is 5.82 Å². The Labute approximate surface area is 157 Å². The monoisotopic (exact) mass is 358 g/mol. The number of fused-ring (bicyclic) bond motifs is 4. The molecule has 26 heavy (non-hydrogen) atoms. The van der Waals surface area contributed by atoms with E-state index < -0.39 is 0 Å². The Morgan fingerprint density at radius 1 is 1.08 bits per heavy atom. The highest BCUT2D eigenvalue weighted by Crippen LogP contribution is 2.52. The lowest BCUT2D eigenvalue weighted by atomic mass is 9.64. The number of nitrogens with zero attached hydrogens (tertiary/aromatic N) is 4. The van der Waals surface area contributed by atoms with Crippen LogP contribution in [-0.4, -0.2) is 26.7 Å². The Morgan fingerprint density at radius 2 is 1.85 bits per heavy atom. The molecule has 144 valence electrons. The van der Waals surface area contributed by atoms with Crippen LogP contribution in [0.1, 0.15) is 96.7 Å². The van der Waals surface area contributed by atoms with Crippen molar-refractivity contribution in [2.75, 3.05) is 4.90 Å². The van der Waals surface area contributed by atoms with E-state index in [4.69, 9.17) is 10.1 Å². The molecule has 2 fully saturated rings. The third-order valence-corrected chi connectivity index (χ3v) is 6.95. The summed E-state index contributed by atoms with van der Waals surface area (Å²) in [4.78, 5) is 20.1. The standard InChI is InChI=1S/C21H34N4O/c1-3-10-18-22-20-24(19(26)11-4-2)17-13-7-6-12-16(17)21(25(20)23-18)14-8-5-9-15-21/h16-17H,3-15H2,1-2H3. The van der Waals surface area contributed by atoms with Gasteiger partial charge in [-0.1, -0.05) is 46.0 Å². The van der Waals surface area contributed by atoms with Crippen LogP contribution in [0.2, 0.25) is 0 Å². The minimum Gasteiger partial charge on any atom is -0.277 e. The molecule has 2 unspecified atom stereocenters. The Hall–Kier alpha value is -1.39. The molecule has 1 aromatic heterocycles. The predicted octanol–water partition coefficient (Wildman–Crippen LogP) is 4.60. The number of amides is 1. The average Bonchev–Trinajstić information content (AvgIpc) is 3.08. The molecule has 2 saturated carbocycles. The predicted molar refractivity (Wildman–Crippen MR) is 103 cm³/mol. The van der Waals surface area contributed by atoms with Crippen LogP contribution in [0.5, 0.6) is 0 Å². The van der Waals surface area contributed by atoms with Crippen LogP contribution >= 0.6 is 0 Å². The van der Waals surface area contributed by atoms with Crippen molar-refractivity contribution >= 4 is 11.9 Å². The summed E-state index contributed by atoms with van der Waals surface area (Å²) in [5, 5.41) is 5.01. The van der Waals surface area contributed by atoms with Gasteiger partial charge in [0.2, 0.25) is 11.9 Å². The SMILES string of the molecule is CCCC(=O)N1c2nc(CCC)nn2C2(CCCCC2)C2CCCCC21. The third kappa shape index (κ3) is 2.78. The first-order valence-corrected chi connectivity index (χ1v) is 11.0. The minimum absolute atomic E-state index is 0.112. The molecule has 3 aliphatic rings. The van der Waals surface area contributed by atoms with Gasteiger partial charge in [-0.05, 0) is 38.5 Å². The van der Waals surface area contributed by atoms with Crippen molar-refractivity contribution in [1.82, 2.24) is 14.8 Å². The van der Waals surface area contributed by atoms with Crippen LogP contribution in [0.15, 0.2) is 0 Å². The molecule has 2 atom stereocenters. The van der Waals surface area contributed by atoms with E-state index in [2.05, 4.69) is 23.4 Å². The molecule has 2 heterocycles. The zero-order valence-electron chi connectivity index (χ0n) is 16.5. The highest BCUT2D eigenvalue weighted by Gasteiger charge is 2.54. The zero-order chi connectivity index (χ0) is 18.1. The first-order chi connectivity index (χ1) is 12.7. The maximum absolute atomic E-state index is 13.1. The fourth-order valence-electron chi connectivity index (χ4n) is 5.86. The highest BCUT2D eigenvalue weighted by molar-refractivity contribution is 5.92. The fourth-order valence-corrected chi connectivity index (χ4v) is 5.86. The molecule has 0 N–H and O–H groups in total. The lowest BCUT2D eigenvalue weighted by molar-refractivity contribution is -0.121. The van der Waals surface area contributed by atoms with Gasteiger partial charge in [-0.15, -0.1) is 0 Å². The second kappa shape index (κ2) is 7.32. The van der Waals surface area contributed by atoms with E-state index in [1.165, 1.54) is 51.4 Å². The Morgan fingerprint density at radius 3 is 2.58 bits per heavy atom. The maximum Gasteiger partial charge on any atom is 0.231 e. The van der Waals surface area contributed by atoms with E-state index in [0.29, 0.717) is 18.4 Å². The van der Waals surface area contributed by atoms with Gasteiger partial charge in [0, 0.05) is 24.8 Å². The summed E-state index contributed by atoms with van der Waals surface area (Å²) < 4.78 is 2.25. The van der Waals surface area contributed by atoms with E-state index in [1.54, 1.807) is 0 Å². The van der Waals surface area contributed by atoms with E-state index in [-0.39, 0.29) is 11.4 Å². The van der Waals surface area contributed by atoms with Gasteiger partial charge in [0.15, 0.2) is 5.82 Å². The molecule has 0 bridgehead atoms. The summed E-state index contributed by atoms with van der Waals surface area (Å²) in [6.07, 6.45) is 14.7. The van der Waals surface area contributed by atoms with Gasteiger partial charge in [-0.25, -0.2) is 4.68 Å². The van der Waals surface area contributed by atoms with Crippen LogP contribution in [0.3, 0.4) is 0 Å². The van der Waals surface area contributed by atoms with Crippen LogP contribution in [0.4, 0.5) is 5.95 Å². The highest BCUT2D eigenvalue weighted by atomic mass is 16.2. The number of carbonyl (C=O) groups excluding carboxylic acids is 1. The number of hydrogen-bond acceptors (Lipinski definition) is 3. The van der Waals surface area contributed by atoms with Crippen molar-refractivity contribution in [2.24, 2.45) is 5.92 Å². The van der Waals surface area contributed by atoms with Crippen LogP contribution in [0, 0.1) is 5.92 Å². The molecule has 1 spiro atoms. The lowest BCUT2D eigenvalue weighted by Gasteiger charge is -2.55. The summed E-state index contributed by atoms with van der Waals surface area (Å²) in [5.74, 6) is 2.62. The summed E-state index contributed by atoms with van der Waals surface area (Å²) in [6, 6.07) is 0.340. The van der Waals surface area contributed by atoms with Gasteiger partial charge in [0.25, 0.3) is 0 Å². The largest absolute Gasteiger partial charge is 0.277 e. The molecule has 1 aliphatic heterocycles. The zero-order valence-corrected chi connectivity index (χ0v) is 16.5. The molecule has 1 aromatic rings. The Balaban J connectivity index is 1.84. The lowest BCUT2D eigenvalue weighted by Crippen LogP contribution is -2.61. The number of carbonyl (C=O) groups is 1. The maximum atomic E-state index is 13.1. The van der Waals surface area contributed by atoms with Gasteiger partial charge in [-0.3, -0.25) is 9.69 Å². The summed E-state index contributed by atoms with van der Waals surface area (Å²) >= 11 is 0. The van der Waals surface area contributed by atoms with Crippen LogP contribution < -0.4 is 4.90 Å². The third-order valence-electron chi connectivity index (χ3n) is 6.95. The molecule has 0 saturated heterocycles. The molecule has 4 rings (SSSR count). The molecule has 0 radical (unpaired) electrons. The van der Waals surface area contributed by atoms with Gasteiger partial charge < -0.3 is 0 Å². The number of anilines is 1. The summed E-state index contributed by atoms with van der Waals surface area (Å²) in [7, 11) is 0. The number of rotatable bonds is 4. The second-order valence-corrected chi connectivity index (χ2v) is 8.63. The van der Waals surface area contributed by atoms with Crippen molar-refractivity contribution in [3.8, 4) is 0 Å². The molecule has 5 nitrogen and oxygen atoms in total. The van der Waals surface area contributed by atoms with Crippen molar-refractivity contribution in [1.29, 1.82) is 0 Å². The van der Waals surface area contributed by atoms with E-state index >= 15 is 0 Å². The molecule has 0 aromatic carbocycles.